The molecule has 0 aliphatic heterocycles. The van der Waals surface area contributed by atoms with Crippen LogP contribution in [0.1, 0.15) is 32.7 Å². The van der Waals surface area contributed by atoms with Crippen LogP contribution >= 0.6 is 0 Å². The number of imidazole rings is 1. The number of hydrogen-bond donors (Lipinski definition) is 1. The Balaban J connectivity index is 1.29. The minimum atomic E-state index is -0.0779. The van der Waals surface area contributed by atoms with Crippen LogP contribution in [0.2, 0.25) is 0 Å². The van der Waals surface area contributed by atoms with E-state index >= 15 is 0 Å². The van der Waals surface area contributed by atoms with Crippen molar-refractivity contribution in [3.8, 4) is 5.75 Å². The summed E-state index contributed by atoms with van der Waals surface area (Å²) in [6, 6.07) is 19.5. The number of ether oxygens (including phenoxy) is 1. The van der Waals surface area contributed by atoms with Gasteiger partial charge >= 0.3 is 0 Å². The quantitative estimate of drug-likeness (QED) is 0.498. The molecule has 0 fully saturated rings. The fraction of sp³-hybridized carbons (Fsp3) is 0.200. The summed E-state index contributed by atoms with van der Waals surface area (Å²) in [7, 11) is 0. The number of nitrogens with zero attached hydrogens (tertiary/aromatic N) is 2. The number of rotatable bonds is 7. The van der Waals surface area contributed by atoms with E-state index in [1.807, 2.05) is 53.2 Å². The molecule has 0 saturated heterocycles. The molecule has 2 aromatic carbocycles. The summed E-state index contributed by atoms with van der Waals surface area (Å²) >= 11 is 0. The van der Waals surface area contributed by atoms with E-state index in [1.54, 1.807) is 12.1 Å². The Kier molecular flexibility index (Phi) is 5.80. The average molecular weight is 399 g/mol. The van der Waals surface area contributed by atoms with Crippen LogP contribution in [0.3, 0.4) is 0 Å². The largest absolute Gasteiger partial charge is 0.487 e. The maximum absolute atomic E-state index is 12.4. The highest BCUT2D eigenvalue weighted by Crippen LogP contribution is 2.15. The normalized spacial score (nSPS) is 10.9. The van der Waals surface area contributed by atoms with Crippen LogP contribution in [-0.4, -0.2) is 21.8 Å². The predicted molar refractivity (Wildman–Crippen MR) is 118 cm³/mol. The topological polar surface area (TPSA) is 55.6 Å². The molecule has 0 unspecified atom stereocenters. The summed E-state index contributed by atoms with van der Waals surface area (Å²) in [5.41, 5.74) is 6.06. The van der Waals surface area contributed by atoms with E-state index in [0.29, 0.717) is 24.5 Å². The number of amides is 1. The van der Waals surface area contributed by atoms with Crippen molar-refractivity contribution in [2.75, 3.05) is 6.54 Å². The molecule has 0 radical (unpaired) electrons. The van der Waals surface area contributed by atoms with Gasteiger partial charge in [-0.3, -0.25) is 4.79 Å². The Hall–Kier alpha value is -3.60. The first-order chi connectivity index (χ1) is 14.6. The zero-order valence-electron chi connectivity index (χ0n) is 17.3. The number of aryl methyl sites for hydroxylation is 2. The molecular weight excluding hydrogens is 374 g/mol. The molecule has 5 heteroatoms. The second-order valence-corrected chi connectivity index (χ2v) is 7.45. The minimum absolute atomic E-state index is 0.0779. The molecule has 4 aromatic rings. The van der Waals surface area contributed by atoms with Crippen molar-refractivity contribution >= 4 is 11.6 Å². The molecule has 1 N–H and O–H groups in total. The summed E-state index contributed by atoms with van der Waals surface area (Å²) in [5, 5.41) is 2.98. The number of carbonyl (C=O) groups excluding carboxylic acids is 1. The molecule has 152 valence electrons. The number of nitrogens with one attached hydrogen (secondary N) is 1. The van der Waals surface area contributed by atoms with Gasteiger partial charge in [0.15, 0.2) is 0 Å². The van der Waals surface area contributed by atoms with Crippen molar-refractivity contribution in [2.45, 2.75) is 26.9 Å². The molecule has 1 amide bonds. The van der Waals surface area contributed by atoms with Crippen molar-refractivity contribution in [1.29, 1.82) is 0 Å². The van der Waals surface area contributed by atoms with Crippen LogP contribution in [0, 0.1) is 13.8 Å². The van der Waals surface area contributed by atoms with Crippen molar-refractivity contribution < 1.29 is 9.53 Å². The number of fused-ring (bicyclic) bond motifs is 1. The second kappa shape index (κ2) is 8.82. The Morgan fingerprint density at radius 2 is 1.80 bits per heavy atom. The maximum Gasteiger partial charge on any atom is 0.251 e. The standard InChI is InChI=1S/C25H25N3O2/c1-18-7-12-24-27-22(16-28(24)15-18)17-30-23-10-8-21(9-11-23)25(29)26-14-13-20-6-4-3-5-19(20)2/h3-12,15-16H,13-14,17H2,1-2H3,(H,26,29). The van der Waals surface area contributed by atoms with Gasteiger partial charge in [-0.25, -0.2) is 4.98 Å². The fourth-order valence-corrected chi connectivity index (χ4v) is 3.39. The third kappa shape index (κ3) is 4.69. The van der Waals surface area contributed by atoms with Crippen LogP contribution in [0.5, 0.6) is 5.75 Å². The molecular formula is C25H25N3O2. The van der Waals surface area contributed by atoms with Crippen LogP contribution in [0.25, 0.3) is 5.65 Å². The number of benzene rings is 2. The Bertz CT molecular complexity index is 1160. The summed E-state index contributed by atoms with van der Waals surface area (Å²) < 4.78 is 7.83. The van der Waals surface area contributed by atoms with Gasteiger partial charge in [0, 0.05) is 24.5 Å². The van der Waals surface area contributed by atoms with Crippen LogP contribution < -0.4 is 10.1 Å². The van der Waals surface area contributed by atoms with E-state index in [2.05, 4.69) is 36.3 Å². The summed E-state index contributed by atoms with van der Waals surface area (Å²) in [4.78, 5) is 16.9. The third-order valence-corrected chi connectivity index (χ3v) is 5.09. The second-order valence-electron chi connectivity index (χ2n) is 7.45. The number of carbonyl (C=O) groups is 1. The van der Waals surface area contributed by atoms with Crippen molar-refractivity contribution in [3.05, 3.63) is 101 Å². The van der Waals surface area contributed by atoms with Gasteiger partial charge in [0.05, 0.1) is 5.69 Å². The van der Waals surface area contributed by atoms with Crippen molar-refractivity contribution in [1.82, 2.24) is 14.7 Å². The molecule has 0 saturated carbocycles. The van der Waals surface area contributed by atoms with Gasteiger partial charge < -0.3 is 14.5 Å². The third-order valence-electron chi connectivity index (χ3n) is 5.09. The van der Waals surface area contributed by atoms with Crippen molar-refractivity contribution in [3.63, 3.8) is 0 Å². The zero-order valence-corrected chi connectivity index (χ0v) is 17.3. The summed E-state index contributed by atoms with van der Waals surface area (Å²) in [6.45, 7) is 5.12. The lowest BCUT2D eigenvalue weighted by molar-refractivity contribution is 0.0954. The van der Waals surface area contributed by atoms with Gasteiger partial charge in [-0.15, -0.1) is 0 Å². The number of pyridine rings is 1. The van der Waals surface area contributed by atoms with E-state index in [0.717, 1.165) is 17.8 Å². The first kappa shape index (κ1) is 19.7. The van der Waals surface area contributed by atoms with Crippen LogP contribution in [0.4, 0.5) is 0 Å². The van der Waals surface area contributed by atoms with E-state index in [4.69, 9.17) is 4.74 Å². The average Bonchev–Trinajstić information content (AvgIpc) is 3.16. The lowest BCUT2D eigenvalue weighted by atomic mass is 10.1. The highest BCUT2D eigenvalue weighted by atomic mass is 16.5. The van der Waals surface area contributed by atoms with Crippen LogP contribution in [-0.2, 0) is 13.0 Å². The highest BCUT2D eigenvalue weighted by molar-refractivity contribution is 5.94. The van der Waals surface area contributed by atoms with Gasteiger partial charge in [0.1, 0.15) is 18.0 Å². The summed E-state index contributed by atoms with van der Waals surface area (Å²) in [6.07, 6.45) is 4.83. The van der Waals surface area contributed by atoms with Gasteiger partial charge in [-0.05, 0) is 67.3 Å². The van der Waals surface area contributed by atoms with Gasteiger partial charge in [0.25, 0.3) is 5.91 Å². The first-order valence-electron chi connectivity index (χ1n) is 10.1. The minimum Gasteiger partial charge on any atom is -0.487 e. The maximum atomic E-state index is 12.4. The molecule has 5 nitrogen and oxygen atoms in total. The molecule has 2 aromatic heterocycles. The molecule has 0 aliphatic rings. The smallest absolute Gasteiger partial charge is 0.251 e. The SMILES string of the molecule is Cc1ccc2nc(COc3ccc(C(=O)NCCc4ccccc4C)cc3)cn2c1. The number of hydrogen-bond acceptors (Lipinski definition) is 3. The van der Waals surface area contributed by atoms with E-state index < -0.39 is 0 Å². The predicted octanol–water partition coefficient (Wildman–Crippen LogP) is 4.50. The lowest BCUT2D eigenvalue weighted by Gasteiger charge is -2.08. The van der Waals surface area contributed by atoms with Crippen LogP contribution in [0.15, 0.2) is 73.1 Å². The molecule has 0 spiro atoms. The first-order valence-corrected chi connectivity index (χ1v) is 10.1. The van der Waals surface area contributed by atoms with E-state index in [-0.39, 0.29) is 5.91 Å². The van der Waals surface area contributed by atoms with Gasteiger partial charge in [0.2, 0.25) is 0 Å². The van der Waals surface area contributed by atoms with E-state index in [9.17, 15) is 4.79 Å². The highest BCUT2D eigenvalue weighted by Gasteiger charge is 2.07. The Labute approximate surface area is 176 Å². The fourth-order valence-electron chi connectivity index (χ4n) is 3.39. The summed E-state index contributed by atoms with van der Waals surface area (Å²) in [5.74, 6) is 0.630. The zero-order chi connectivity index (χ0) is 20.9. The molecule has 0 bridgehead atoms. The van der Waals surface area contributed by atoms with E-state index in [1.165, 1.54) is 16.7 Å². The number of aromatic nitrogens is 2. The lowest BCUT2D eigenvalue weighted by Crippen LogP contribution is -2.25. The molecule has 0 aliphatic carbocycles. The molecule has 4 rings (SSSR count). The van der Waals surface area contributed by atoms with Gasteiger partial charge in [-0.2, -0.15) is 0 Å². The van der Waals surface area contributed by atoms with Gasteiger partial charge in [-0.1, -0.05) is 30.3 Å². The monoisotopic (exact) mass is 399 g/mol. The molecule has 30 heavy (non-hydrogen) atoms. The Morgan fingerprint density at radius 3 is 2.60 bits per heavy atom. The molecule has 0 atom stereocenters. The molecule has 2 heterocycles. The Morgan fingerprint density at radius 1 is 1.00 bits per heavy atom. The van der Waals surface area contributed by atoms with Crippen molar-refractivity contribution in [2.24, 2.45) is 0 Å².